The molecule has 0 saturated heterocycles. The normalized spacial score (nSPS) is 11.3. The number of nitrogens with one attached hydrogen (secondary N) is 1. The van der Waals surface area contributed by atoms with Gasteiger partial charge in [-0.3, -0.25) is 9.40 Å². The standard InChI is InChI=1S/C11H11ClN4O2S2/c1-16-6-8(5-14-16)15-20(17,18)10-4-7(11(13)19)2-3-9(10)12/h2-6,15H,1H3,(H2,13,19). The van der Waals surface area contributed by atoms with E-state index in [0.29, 0.717) is 11.3 Å². The molecule has 0 aliphatic heterocycles. The maximum Gasteiger partial charge on any atom is 0.263 e. The Morgan fingerprint density at radius 2 is 2.20 bits per heavy atom. The molecule has 106 valence electrons. The van der Waals surface area contributed by atoms with Gasteiger partial charge in [0, 0.05) is 18.8 Å². The van der Waals surface area contributed by atoms with Gasteiger partial charge in [-0.05, 0) is 12.1 Å². The van der Waals surface area contributed by atoms with Crippen molar-refractivity contribution in [2.45, 2.75) is 4.90 Å². The molecule has 2 rings (SSSR count). The number of sulfonamides is 1. The monoisotopic (exact) mass is 330 g/mol. The molecule has 0 atom stereocenters. The van der Waals surface area contributed by atoms with Crippen LogP contribution in [0.3, 0.4) is 0 Å². The van der Waals surface area contributed by atoms with Crippen molar-refractivity contribution in [3.8, 4) is 0 Å². The van der Waals surface area contributed by atoms with Crippen LogP contribution >= 0.6 is 23.8 Å². The largest absolute Gasteiger partial charge is 0.389 e. The Morgan fingerprint density at radius 3 is 2.75 bits per heavy atom. The van der Waals surface area contributed by atoms with Gasteiger partial charge in [0.25, 0.3) is 10.0 Å². The molecule has 0 radical (unpaired) electrons. The Balaban J connectivity index is 2.43. The smallest absolute Gasteiger partial charge is 0.263 e. The number of hydrogen-bond acceptors (Lipinski definition) is 4. The maximum absolute atomic E-state index is 12.3. The van der Waals surface area contributed by atoms with Crippen LogP contribution in [0.2, 0.25) is 5.02 Å². The van der Waals surface area contributed by atoms with E-state index < -0.39 is 10.0 Å². The highest BCUT2D eigenvalue weighted by molar-refractivity contribution is 7.92. The third kappa shape index (κ3) is 3.09. The molecule has 0 aliphatic rings. The lowest BCUT2D eigenvalue weighted by Gasteiger charge is -2.09. The van der Waals surface area contributed by atoms with Crippen molar-refractivity contribution in [1.29, 1.82) is 0 Å². The Kier molecular flexibility index (Phi) is 3.98. The van der Waals surface area contributed by atoms with Gasteiger partial charge in [-0.2, -0.15) is 5.10 Å². The van der Waals surface area contributed by atoms with Gasteiger partial charge in [-0.15, -0.1) is 0 Å². The summed E-state index contributed by atoms with van der Waals surface area (Å²) >= 11 is 10.8. The molecule has 0 aliphatic carbocycles. The van der Waals surface area contributed by atoms with Gasteiger partial charge in [0.2, 0.25) is 0 Å². The van der Waals surface area contributed by atoms with Gasteiger partial charge >= 0.3 is 0 Å². The second kappa shape index (κ2) is 5.39. The number of benzene rings is 1. The summed E-state index contributed by atoms with van der Waals surface area (Å²) in [5, 5.41) is 3.96. The topological polar surface area (TPSA) is 90.0 Å². The number of rotatable bonds is 4. The molecule has 3 N–H and O–H groups in total. The molecule has 20 heavy (non-hydrogen) atoms. The average Bonchev–Trinajstić information content (AvgIpc) is 2.73. The van der Waals surface area contributed by atoms with Crippen LogP contribution in [0.1, 0.15) is 5.56 Å². The molecule has 2 aromatic rings. The number of hydrogen-bond donors (Lipinski definition) is 2. The molecule has 0 bridgehead atoms. The van der Waals surface area contributed by atoms with Gasteiger partial charge in [0.05, 0.1) is 16.9 Å². The molecule has 0 saturated carbocycles. The lowest BCUT2D eigenvalue weighted by Crippen LogP contribution is -2.15. The lowest BCUT2D eigenvalue weighted by atomic mass is 10.2. The average molecular weight is 331 g/mol. The summed E-state index contributed by atoms with van der Waals surface area (Å²) in [4.78, 5) is 0.00724. The number of aryl methyl sites for hydroxylation is 1. The molecule has 1 heterocycles. The summed E-state index contributed by atoms with van der Waals surface area (Å²) in [6.45, 7) is 0. The van der Waals surface area contributed by atoms with Gasteiger partial charge in [-0.25, -0.2) is 8.42 Å². The zero-order valence-electron chi connectivity index (χ0n) is 10.4. The van der Waals surface area contributed by atoms with Crippen LogP contribution in [0, 0.1) is 0 Å². The highest BCUT2D eigenvalue weighted by Crippen LogP contribution is 2.24. The summed E-state index contributed by atoms with van der Waals surface area (Å²) in [6, 6.07) is 4.34. The van der Waals surface area contributed by atoms with E-state index in [0.717, 1.165) is 0 Å². The molecule has 6 nitrogen and oxygen atoms in total. The van der Waals surface area contributed by atoms with E-state index >= 15 is 0 Å². The van der Waals surface area contributed by atoms with Crippen molar-refractivity contribution >= 4 is 44.5 Å². The van der Waals surface area contributed by atoms with Crippen molar-refractivity contribution in [3.63, 3.8) is 0 Å². The van der Waals surface area contributed by atoms with Crippen molar-refractivity contribution in [2.75, 3.05) is 4.72 Å². The zero-order valence-corrected chi connectivity index (χ0v) is 12.8. The van der Waals surface area contributed by atoms with Crippen molar-refractivity contribution in [2.24, 2.45) is 12.8 Å². The minimum absolute atomic E-state index is 0.0846. The fourth-order valence-corrected chi connectivity index (χ4v) is 3.23. The molecule has 1 aromatic heterocycles. The predicted octanol–water partition coefficient (Wildman–Crippen LogP) is 1.51. The Morgan fingerprint density at radius 1 is 1.50 bits per heavy atom. The van der Waals surface area contributed by atoms with Crippen LogP contribution in [-0.4, -0.2) is 23.2 Å². The first-order chi connectivity index (χ1) is 9.29. The quantitative estimate of drug-likeness (QED) is 0.829. The summed E-state index contributed by atoms with van der Waals surface area (Å²) in [7, 11) is -2.16. The molecule has 0 amide bonds. The van der Waals surface area contributed by atoms with Crippen LogP contribution < -0.4 is 10.5 Å². The number of nitrogens with zero attached hydrogens (tertiary/aromatic N) is 2. The Bertz CT molecular complexity index is 770. The summed E-state index contributed by atoms with van der Waals surface area (Å²) in [5.41, 5.74) is 6.26. The van der Waals surface area contributed by atoms with Crippen LogP contribution in [0.25, 0.3) is 0 Å². The van der Waals surface area contributed by atoms with Gasteiger partial charge < -0.3 is 5.73 Å². The van der Waals surface area contributed by atoms with Gasteiger partial charge in [-0.1, -0.05) is 29.9 Å². The first-order valence-corrected chi connectivity index (χ1v) is 7.67. The summed E-state index contributed by atoms with van der Waals surface area (Å²) < 4.78 is 28.4. The Hall–Kier alpha value is -1.64. The highest BCUT2D eigenvalue weighted by atomic mass is 35.5. The third-order valence-corrected chi connectivity index (χ3v) is 4.56. The number of anilines is 1. The minimum atomic E-state index is -3.84. The van der Waals surface area contributed by atoms with Crippen LogP contribution in [0.5, 0.6) is 0 Å². The van der Waals surface area contributed by atoms with E-state index in [1.165, 1.54) is 29.2 Å². The van der Waals surface area contributed by atoms with Crippen molar-refractivity contribution in [3.05, 3.63) is 41.2 Å². The van der Waals surface area contributed by atoms with E-state index in [-0.39, 0.29) is 14.9 Å². The molecule has 0 fully saturated rings. The van der Waals surface area contributed by atoms with E-state index in [9.17, 15) is 8.42 Å². The molecular weight excluding hydrogens is 320 g/mol. The fraction of sp³-hybridized carbons (Fsp3) is 0.0909. The van der Waals surface area contributed by atoms with Gasteiger partial charge in [0.1, 0.15) is 9.88 Å². The number of nitrogens with two attached hydrogens (primary N) is 1. The van der Waals surface area contributed by atoms with E-state index in [1.54, 1.807) is 13.1 Å². The molecule has 9 heteroatoms. The zero-order chi connectivity index (χ0) is 14.9. The van der Waals surface area contributed by atoms with Crippen molar-refractivity contribution in [1.82, 2.24) is 9.78 Å². The predicted molar refractivity (Wildman–Crippen MR) is 81.4 cm³/mol. The van der Waals surface area contributed by atoms with E-state index in [1.807, 2.05) is 0 Å². The second-order valence-electron chi connectivity index (χ2n) is 4.02. The molecular formula is C11H11ClN4O2S2. The number of aromatic nitrogens is 2. The van der Waals surface area contributed by atoms with Crippen molar-refractivity contribution < 1.29 is 8.42 Å². The molecule has 0 spiro atoms. The van der Waals surface area contributed by atoms with Gasteiger partial charge in [0.15, 0.2) is 0 Å². The SMILES string of the molecule is Cn1cc(NS(=O)(=O)c2cc(C(N)=S)ccc2Cl)cn1. The fourth-order valence-electron chi connectivity index (χ4n) is 1.55. The van der Waals surface area contributed by atoms with Crippen LogP contribution in [0.15, 0.2) is 35.5 Å². The number of halogens is 1. The summed E-state index contributed by atoms with van der Waals surface area (Å²) in [5.74, 6) is 0. The Labute approximate surface area is 126 Å². The van der Waals surface area contributed by atoms with Crippen LogP contribution in [0.4, 0.5) is 5.69 Å². The van der Waals surface area contributed by atoms with E-state index in [2.05, 4.69) is 9.82 Å². The molecule has 0 unspecified atom stereocenters. The molecule has 1 aromatic carbocycles. The minimum Gasteiger partial charge on any atom is -0.389 e. The first-order valence-electron chi connectivity index (χ1n) is 5.40. The second-order valence-corrected chi connectivity index (χ2v) is 6.52. The third-order valence-electron chi connectivity index (χ3n) is 2.46. The van der Waals surface area contributed by atoms with Crippen LogP contribution in [-0.2, 0) is 17.1 Å². The highest BCUT2D eigenvalue weighted by Gasteiger charge is 2.19. The summed E-state index contributed by atoms with van der Waals surface area (Å²) in [6.07, 6.45) is 2.92. The lowest BCUT2D eigenvalue weighted by molar-refractivity contribution is 0.601. The van der Waals surface area contributed by atoms with E-state index in [4.69, 9.17) is 29.6 Å². The first kappa shape index (κ1) is 14.8. The maximum atomic E-state index is 12.3. The number of thiocarbonyl (C=S) groups is 1.